The summed E-state index contributed by atoms with van der Waals surface area (Å²) < 4.78 is 10.4. The van der Waals surface area contributed by atoms with Crippen molar-refractivity contribution in [1.29, 1.82) is 0 Å². The number of aromatic nitrogens is 2. The standard InChI is InChI=1S/C10H16N2O3/c1-3-14-4-5-15-10-11-6-9(7-13)8(2)12-10/h6,13H,3-5,7H2,1-2H3. The summed E-state index contributed by atoms with van der Waals surface area (Å²) in [6, 6.07) is 0.324. The zero-order valence-corrected chi connectivity index (χ0v) is 9.06. The van der Waals surface area contributed by atoms with Crippen molar-refractivity contribution in [2.24, 2.45) is 0 Å². The molecule has 1 aromatic rings. The van der Waals surface area contributed by atoms with Crippen molar-refractivity contribution in [3.8, 4) is 6.01 Å². The van der Waals surface area contributed by atoms with Gasteiger partial charge in [-0.05, 0) is 13.8 Å². The van der Waals surface area contributed by atoms with Crippen LogP contribution in [0.25, 0.3) is 0 Å². The zero-order chi connectivity index (χ0) is 11.1. The SMILES string of the molecule is CCOCCOc1ncc(CO)c(C)n1. The molecule has 0 saturated carbocycles. The maximum absolute atomic E-state index is 8.91. The molecular formula is C10H16N2O3. The summed E-state index contributed by atoms with van der Waals surface area (Å²) >= 11 is 0. The molecule has 15 heavy (non-hydrogen) atoms. The third kappa shape index (κ3) is 3.81. The molecular weight excluding hydrogens is 196 g/mol. The highest BCUT2D eigenvalue weighted by Gasteiger charge is 2.02. The van der Waals surface area contributed by atoms with E-state index in [9.17, 15) is 0 Å². The highest BCUT2D eigenvalue weighted by atomic mass is 16.5. The summed E-state index contributed by atoms with van der Waals surface area (Å²) in [6.45, 7) is 5.32. The number of rotatable bonds is 6. The minimum atomic E-state index is -0.0505. The number of nitrogens with zero attached hydrogens (tertiary/aromatic N) is 2. The van der Waals surface area contributed by atoms with Gasteiger partial charge in [0.25, 0.3) is 0 Å². The Morgan fingerprint density at radius 1 is 1.40 bits per heavy atom. The molecule has 1 heterocycles. The molecule has 0 unspecified atom stereocenters. The molecule has 84 valence electrons. The highest BCUT2D eigenvalue weighted by Crippen LogP contribution is 2.08. The molecule has 1 rings (SSSR count). The van der Waals surface area contributed by atoms with E-state index < -0.39 is 0 Å². The molecule has 0 aliphatic rings. The molecule has 5 heteroatoms. The summed E-state index contributed by atoms with van der Waals surface area (Å²) in [5.41, 5.74) is 1.45. The van der Waals surface area contributed by atoms with Gasteiger partial charge >= 0.3 is 6.01 Å². The molecule has 0 bridgehead atoms. The molecule has 0 saturated heterocycles. The smallest absolute Gasteiger partial charge is 0.316 e. The van der Waals surface area contributed by atoms with Gasteiger partial charge in [-0.3, -0.25) is 0 Å². The normalized spacial score (nSPS) is 10.3. The second kappa shape index (κ2) is 6.31. The van der Waals surface area contributed by atoms with Gasteiger partial charge in [-0.25, -0.2) is 9.97 Å². The third-order valence-corrected chi connectivity index (χ3v) is 1.89. The monoisotopic (exact) mass is 212 g/mol. The Morgan fingerprint density at radius 3 is 2.80 bits per heavy atom. The van der Waals surface area contributed by atoms with E-state index in [1.807, 2.05) is 13.8 Å². The number of aliphatic hydroxyl groups is 1. The van der Waals surface area contributed by atoms with Crippen LogP contribution >= 0.6 is 0 Å². The number of ether oxygens (including phenoxy) is 2. The van der Waals surface area contributed by atoms with Crippen LogP contribution in [-0.4, -0.2) is 34.9 Å². The molecule has 0 atom stereocenters. The van der Waals surface area contributed by atoms with Crippen LogP contribution in [0.3, 0.4) is 0 Å². The minimum absolute atomic E-state index is 0.0505. The lowest BCUT2D eigenvalue weighted by Gasteiger charge is -2.06. The van der Waals surface area contributed by atoms with Crippen LogP contribution in [0, 0.1) is 6.92 Å². The van der Waals surface area contributed by atoms with Crippen molar-refractivity contribution in [1.82, 2.24) is 9.97 Å². The van der Waals surface area contributed by atoms with Gasteiger partial charge in [0.1, 0.15) is 6.61 Å². The van der Waals surface area contributed by atoms with Crippen molar-refractivity contribution < 1.29 is 14.6 Å². The van der Waals surface area contributed by atoms with Crippen molar-refractivity contribution in [3.63, 3.8) is 0 Å². The van der Waals surface area contributed by atoms with Gasteiger partial charge in [0.15, 0.2) is 0 Å². The Kier molecular flexibility index (Phi) is 5.00. The fourth-order valence-corrected chi connectivity index (χ4v) is 1.03. The van der Waals surface area contributed by atoms with Crippen LogP contribution in [-0.2, 0) is 11.3 Å². The van der Waals surface area contributed by atoms with Gasteiger partial charge in [-0.1, -0.05) is 0 Å². The first kappa shape index (κ1) is 11.9. The number of aryl methyl sites for hydroxylation is 1. The largest absolute Gasteiger partial charge is 0.461 e. The molecule has 0 aliphatic carbocycles. The Hall–Kier alpha value is -1.20. The molecule has 0 aliphatic heterocycles. The average Bonchev–Trinajstić information content (AvgIpc) is 2.25. The summed E-state index contributed by atoms with van der Waals surface area (Å²) in [5, 5.41) is 8.91. The minimum Gasteiger partial charge on any atom is -0.461 e. The van der Waals surface area contributed by atoms with Gasteiger partial charge in [0.2, 0.25) is 0 Å². The summed E-state index contributed by atoms with van der Waals surface area (Å²) in [7, 11) is 0. The fraction of sp³-hybridized carbons (Fsp3) is 0.600. The van der Waals surface area contributed by atoms with E-state index in [0.717, 1.165) is 5.69 Å². The second-order valence-electron chi connectivity index (χ2n) is 2.97. The Bertz CT molecular complexity index is 305. The van der Waals surface area contributed by atoms with Gasteiger partial charge < -0.3 is 14.6 Å². The number of aliphatic hydroxyl groups excluding tert-OH is 1. The van der Waals surface area contributed by atoms with E-state index in [2.05, 4.69) is 9.97 Å². The van der Waals surface area contributed by atoms with E-state index in [-0.39, 0.29) is 6.61 Å². The first-order valence-corrected chi connectivity index (χ1v) is 4.91. The molecule has 0 radical (unpaired) electrons. The lowest BCUT2D eigenvalue weighted by atomic mass is 10.3. The Balaban J connectivity index is 2.45. The first-order valence-electron chi connectivity index (χ1n) is 4.91. The van der Waals surface area contributed by atoms with E-state index in [1.165, 1.54) is 0 Å². The molecule has 5 nitrogen and oxygen atoms in total. The van der Waals surface area contributed by atoms with E-state index >= 15 is 0 Å². The van der Waals surface area contributed by atoms with Gasteiger partial charge in [0.05, 0.1) is 18.9 Å². The predicted octanol–water partition coefficient (Wildman–Crippen LogP) is 0.693. The van der Waals surface area contributed by atoms with Crippen LogP contribution in [0.4, 0.5) is 0 Å². The number of hydrogen-bond donors (Lipinski definition) is 1. The lowest BCUT2D eigenvalue weighted by molar-refractivity contribution is 0.106. The lowest BCUT2D eigenvalue weighted by Crippen LogP contribution is -2.09. The van der Waals surface area contributed by atoms with Crippen LogP contribution in [0.1, 0.15) is 18.2 Å². The van der Waals surface area contributed by atoms with E-state index in [4.69, 9.17) is 14.6 Å². The van der Waals surface area contributed by atoms with Crippen LogP contribution in [0.5, 0.6) is 6.01 Å². The molecule has 1 N–H and O–H groups in total. The van der Waals surface area contributed by atoms with Crippen LogP contribution in [0.2, 0.25) is 0 Å². The quantitative estimate of drug-likeness (QED) is 0.703. The number of hydrogen-bond acceptors (Lipinski definition) is 5. The fourth-order valence-electron chi connectivity index (χ4n) is 1.03. The van der Waals surface area contributed by atoms with Crippen LogP contribution < -0.4 is 4.74 Å². The third-order valence-electron chi connectivity index (χ3n) is 1.89. The van der Waals surface area contributed by atoms with E-state index in [1.54, 1.807) is 6.20 Å². The zero-order valence-electron chi connectivity index (χ0n) is 9.06. The summed E-state index contributed by atoms with van der Waals surface area (Å²) in [4.78, 5) is 8.05. The van der Waals surface area contributed by atoms with Crippen molar-refractivity contribution in [3.05, 3.63) is 17.5 Å². The van der Waals surface area contributed by atoms with Gasteiger partial charge in [0, 0.05) is 18.4 Å². The summed E-state index contributed by atoms with van der Waals surface area (Å²) in [5.74, 6) is 0. The molecule has 0 fully saturated rings. The van der Waals surface area contributed by atoms with Gasteiger partial charge in [-0.2, -0.15) is 0 Å². The van der Waals surface area contributed by atoms with Crippen LogP contribution in [0.15, 0.2) is 6.20 Å². The molecule has 0 spiro atoms. The van der Waals surface area contributed by atoms with Crippen molar-refractivity contribution in [2.45, 2.75) is 20.5 Å². The maximum atomic E-state index is 8.91. The van der Waals surface area contributed by atoms with Crippen molar-refractivity contribution >= 4 is 0 Å². The molecule has 0 amide bonds. The topological polar surface area (TPSA) is 64.5 Å². The second-order valence-corrected chi connectivity index (χ2v) is 2.97. The van der Waals surface area contributed by atoms with E-state index in [0.29, 0.717) is 31.4 Å². The van der Waals surface area contributed by atoms with Crippen molar-refractivity contribution in [2.75, 3.05) is 19.8 Å². The predicted molar refractivity (Wildman–Crippen MR) is 54.7 cm³/mol. The molecule has 0 aromatic carbocycles. The highest BCUT2D eigenvalue weighted by molar-refractivity contribution is 5.16. The average molecular weight is 212 g/mol. The summed E-state index contributed by atoms with van der Waals surface area (Å²) in [6.07, 6.45) is 1.57. The Labute approximate surface area is 89.1 Å². The van der Waals surface area contributed by atoms with Gasteiger partial charge in [-0.15, -0.1) is 0 Å². The Morgan fingerprint density at radius 2 is 2.20 bits per heavy atom. The first-order chi connectivity index (χ1) is 7.27. The molecule has 1 aromatic heterocycles. The maximum Gasteiger partial charge on any atom is 0.316 e.